The maximum Gasteiger partial charge on any atom is 0.392 e. The van der Waals surface area contributed by atoms with Crippen molar-refractivity contribution < 1.29 is 18.3 Å². The molecule has 11 heavy (non-hydrogen) atoms. The molecular weight excluding hydrogens is 159 g/mol. The molecule has 0 saturated carbocycles. The monoisotopic (exact) mass is 169 g/mol. The minimum absolute atomic E-state index is 0.0739. The van der Waals surface area contributed by atoms with Gasteiger partial charge in [0.2, 0.25) is 0 Å². The normalized spacial score (nSPS) is 13.6. The summed E-state index contributed by atoms with van der Waals surface area (Å²) in [7, 11) is 0. The molecule has 0 aliphatic rings. The Morgan fingerprint density at radius 2 is 2.00 bits per heavy atom. The van der Waals surface area contributed by atoms with Crippen molar-refractivity contribution in [1.82, 2.24) is 0 Å². The summed E-state index contributed by atoms with van der Waals surface area (Å²) in [6, 6.07) is 0. The van der Waals surface area contributed by atoms with Gasteiger partial charge in [-0.2, -0.15) is 13.2 Å². The molecule has 0 aromatic carbocycles. The molecule has 0 atom stereocenters. The lowest BCUT2D eigenvalue weighted by Gasteiger charge is -2.02. The molecule has 0 unspecified atom stereocenters. The average Bonchev–Trinajstić information content (AvgIpc) is 1.83. The topological polar surface area (TPSA) is 46.2 Å². The Hall–Kier alpha value is -0.710. The van der Waals surface area contributed by atoms with Gasteiger partial charge in [-0.15, -0.1) is 0 Å². The number of rotatable bonds is 3. The van der Waals surface area contributed by atoms with Gasteiger partial charge in [0.05, 0.1) is 6.42 Å². The number of alkyl halides is 3. The van der Waals surface area contributed by atoms with Gasteiger partial charge in [0.15, 0.2) is 0 Å². The van der Waals surface area contributed by atoms with E-state index in [1.807, 2.05) is 0 Å². The van der Waals surface area contributed by atoms with Crippen LogP contribution in [0.25, 0.3) is 0 Å². The molecule has 0 rings (SSSR count). The second-order valence-electron chi connectivity index (χ2n) is 2.07. The smallest absolute Gasteiger partial charge is 0.392 e. The Bertz CT molecular complexity index is 141. The molecule has 3 N–H and O–H groups in total. The summed E-state index contributed by atoms with van der Waals surface area (Å²) in [4.78, 5) is 0. The quantitative estimate of drug-likeness (QED) is 0.666. The van der Waals surface area contributed by atoms with Gasteiger partial charge in [-0.3, -0.25) is 0 Å². The van der Waals surface area contributed by atoms with Gasteiger partial charge in [-0.1, -0.05) is 6.08 Å². The van der Waals surface area contributed by atoms with Crippen molar-refractivity contribution in [3.8, 4) is 0 Å². The van der Waals surface area contributed by atoms with Crippen molar-refractivity contribution in [3.63, 3.8) is 0 Å². The molecule has 0 radical (unpaired) electrons. The summed E-state index contributed by atoms with van der Waals surface area (Å²) in [6.07, 6.45) is -4.27. The number of nitrogens with two attached hydrogens (primary N) is 1. The van der Waals surface area contributed by atoms with Crippen LogP contribution in [0.3, 0.4) is 0 Å². The van der Waals surface area contributed by atoms with Crippen molar-refractivity contribution in [2.75, 3.05) is 6.61 Å². The van der Waals surface area contributed by atoms with Crippen LogP contribution in [0.2, 0.25) is 0 Å². The lowest BCUT2D eigenvalue weighted by molar-refractivity contribution is -0.125. The Morgan fingerprint density at radius 3 is 2.36 bits per heavy atom. The van der Waals surface area contributed by atoms with Crippen molar-refractivity contribution in [3.05, 3.63) is 11.8 Å². The van der Waals surface area contributed by atoms with Crippen molar-refractivity contribution in [1.29, 1.82) is 0 Å². The first-order chi connectivity index (χ1) is 4.95. The van der Waals surface area contributed by atoms with E-state index < -0.39 is 12.6 Å². The number of hydrogen-bond acceptors (Lipinski definition) is 2. The van der Waals surface area contributed by atoms with Crippen molar-refractivity contribution in [2.45, 2.75) is 19.0 Å². The minimum Gasteiger partial charge on any atom is -0.402 e. The Labute approximate surface area is 62.5 Å². The molecule has 0 bridgehead atoms. The second-order valence-corrected chi connectivity index (χ2v) is 2.07. The van der Waals surface area contributed by atoms with Crippen LogP contribution in [-0.4, -0.2) is 17.9 Å². The molecule has 0 aromatic rings. The fourth-order valence-corrected chi connectivity index (χ4v) is 0.478. The maximum absolute atomic E-state index is 11.5. The molecule has 0 aliphatic heterocycles. The molecule has 0 aliphatic carbocycles. The van der Waals surface area contributed by atoms with Crippen LogP contribution in [0.4, 0.5) is 13.2 Å². The third kappa shape index (κ3) is 7.18. The van der Waals surface area contributed by atoms with Gasteiger partial charge in [-0.25, -0.2) is 0 Å². The molecular formula is C6H10F3NO. The van der Waals surface area contributed by atoms with Gasteiger partial charge in [0.1, 0.15) is 0 Å². The first kappa shape index (κ1) is 10.3. The van der Waals surface area contributed by atoms with E-state index in [1.54, 1.807) is 0 Å². The van der Waals surface area contributed by atoms with Crippen molar-refractivity contribution in [2.24, 2.45) is 5.73 Å². The predicted molar refractivity (Wildman–Crippen MR) is 34.6 cm³/mol. The molecule has 0 heterocycles. The molecule has 0 aromatic heterocycles. The fraction of sp³-hybridized carbons (Fsp3) is 0.667. The van der Waals surface area contributed by atoms with Crippen LogP contribution in [0.1, 0.15) is 12.8 Å². The number of halogens is 3. The van der Waals surface area contributed by atoms with Crippen LogP contribution in [0.5, 0.6) is 0 Å². The van der Waals surface area contributed by atoms with Crippen LogP contribution in [0, 0.1) is 0 Å². The SMILES string of the molecule is N/C(=C\CC(F)(F)F)CCO. The van der Waals surface area contributed by atoms with Crippen molar-refractivity contribution >= 4 is 0 Å². The second kappa shape index (κ2) is 4.23. The molecule has 0 saturated heterocycles. The Balaban J connectivity index is 3.73. The van der Waals surface area contributed by atoms with Crippen LogP contribution in [0.15, 0.2) is 11.8 Å². The first-order valence-electron chi connectivity index (χ1n) is 3.08. The molecule has 0 fully saturated rings. The van der Waals surface area contributed by atoms with E-state index in [0.29, 0.717) is 0 Å². The zero-order valence-corrected chi connectivity index (χ0v) is 5.86. The van der Waals surface area contributed by atoms with E-state index in [-0.39, 0.29) is 18.7 Å². The number of allylic oxidation sites excluding steroid dienone is 1. The van der Waals surface area contributed by atoms with E-state index in [0.717, 1.165) is 6.08 Å². The van der Waals surface area contributed by atoms with E-state index >= 15 is 0 Å². The summed E-state index contributed by atoms with van der Waals surface area (Å²) >= 11 is 0. The van der Waals surface area contributed by atoms with Gasteiger partial charge >= 0.3 is 6.18 Å². The highest BCUT2D eigenvalue weighted by atomic mass is 19.4. The van der Waals surface area contributed by atoms with Gasteiger partial charge in [0.25, 0.3) is 0 Å². The molecule has 5 heteroatoms. The van der Waals surface area contributed by atoms with Gasteiger partial charge in [0, 0.05) is 18.7 Å². The Kier molecular flexibility index (Phi) is 3.95. The lowest BCUT2D eigenvalue weighted by atomic mass is 10.3. The summed E-state index contributed by atoms with van der Waals surface area (Å²) in [5.41, 5.74) is 5.17. The first-order valence-corrected chi connectivity index (χ1v) is 3.08. The highest BCUT2D eigenvalue weighted by molar-refractivity contribution is 4.97. The zero-order chi connectivity index (χ0) is 8.91. The summed E-state index contributed by atoms with van der Waals surface area (Å²) in [6.45, 7) is -0.222. The van der Waals surface area contributed by atoms with Gasteiger partial charge in [-0.05, 0) is 0 Å². The molecule has 2 nitrogen and oxygen atoms in total. The zero-order valence-electron chi connectivity index (χ0n) is 5.86. The minimum atomic E-state index is -4.21. The van der Waals surface area contributed by atoms with Gasteiger partial charge < -0.3 is 10.8 Å². The molecule has 66 valence electrons. The number of aliphatic hydroxyl groups is 1. The van der Waals surface area contributed by atoms with Crippen LogP contribution < -0.4 is 5.73 Å². The average molecular weight is 169 g/mol. The number of aliphatic hydroxyl groups excluding tert-OH is 1. The highest BCUT2D eigenvalue weighted by Gasteiger charge is 2.24. The van der Waals surface area contributed by atoms with Crippen LogP contribution >= 0.6 is 0 Å². The predicted octanol–water partition coefficient (Wildman–Crippen LogP) is 1.16. The van der Waals surface area contributed by atoms with E-state index in [9.17, 15) is 13.2 Å². The standard InChI is InChI=1S/C6H10F3NO/c7-6(8,9)3-1-5(10)2-4-11/h1,11H,2-4,10H2/b5-1-. The Morgan fingerprint density at radius 1 is 1.45 bits per heavy atom. The lowest BCUT2D eigenvalue weighted by Crippen LogP contribution is -2.07. The summed E-state index contributed by atoms with van der Waals surface area (Å²) < 4.78 is 34.5. The largest absolute Gasteiger partial charge is 0.402 e. The van der Waals surface area contributed by atoms with E-state index in [4.69, 9.17) is 10.8 Å². The maximum atomic E-state index is 11.5. The molecule has 0 spiro atoms. The summed E-state index contributed by atoms with van der Waals surface area (Å²) in [5.74, 6) is 0. The van der Waals surface area contributed by atoms with E-state index in [2.05, 4.69) is 0 Å². The molecule has 0 amide bonds. The number of hydrogen-bond donors (Lipinski definition) is 2. The van der Waals surface area contributed by atoms with Crippen LogP contribution in [-0.2, 0) is 0 Å². The highest BCUT2D eigenvalue weighted by Crippen LogP contribution is 2.20. The summed E-state index contributed by atoms with van der Waals surface area (Å²) in [5, 5.41) is 8.26. The van der Waals surface area contributed by atoms with E-state index in [1.165, 1.54) is 0 Å². The fourth-order valence-electron chi connectivity index (χ4n) is 0.478. The third-order valence-corrected chi connectivity index (χ3v) is 0.996. The third-order valence-electron chi connectivity index (χ3n) is 0.996.